The Kier molecular flexibility index (Phi) is 6.43. The second kappa shape index (κ2) is 8.59. The number of hydrogen-bond donors (Lipinski definition) is 1. The molecule has 0 bridgehead atoms. The zero-order valence-corrected chi connectivity index (χ0v) is 12.9. The molecular weight excluding hydrogens is 262 g/mol. The van der Waals surface area contributed by atoms with Crippen LogP contribution in [0.2, 0.25) is 0 Å². The van der Waals surface area contributed by atoms with Gasteiger partial charge in [0, 0.05) is 30.6 Å². The normalized spacial score (nSPS) is 13.7. The molecule has 3 nitrogen and oxygen atoms in total. The third-order valence-electron chi connectivity index (χ3n) is 3.39. The highest BCUT2D eigenvalue weighted by Gasteiger charge is 2.20. The van der Waals surface area contributed by atoms with Gasteiger partial charge in [-0.3, -0.25) is 0 Å². The summed E-state index contributed by atoms with van der Waals surface area (Å²) in [6.07, 6.45) is 10.5. The maximum atomic E-state index is 5.90. The van der Waals surface area contributed by atoms with E-state index in [9.17, 15) is 0 Å². The van der Waals surface area contributed by atoms with E-state index >= 15 is 0 Å². The van der Waals surface area contributed by atoms with E-state index in [0.29, 0.717) is 12.6 Å². The number of hydrogen-bond acceptors (Lipinski definition) is 3. The van der Waals surface area contributed by atoms with Crippen LogP contribution in [0.15, 0.2) is 18.2 Å². The van der Waals surface area contributed by atoms with Crippen molar-refractivity contribution in [1.82, 2.24) is 5.32 Å². The SMILES string of the molecule is C#CCCCOc1cc(OCCC)ccc1CNC1CC1. The van der Waals surface area contributed by atoms with Gasteiger partial charge in [0.1, 0.15) is 11.5 Å². The van der Waals surface area contributed by atoms with Gasteiger partial charge in [-0.05, 0) is 31.7 Å². The molecule has 0 saturated heterocycles. The molecule has 0 spiro atoms. The van der Waals surface area contributed by atoms with E-state index in [1.165, 1.54) is 18.4 Å². The quantitative estimate of drug-likeness (QED) is 0.527. The zero-order chi connectivity index (χ0) is 14.9. The zero-order valence-electron chi connectivity index (χ0n) is 12.9. The van der Waals surface area contributed by atoms with Crippen molar-refractivity contribution in [2.45, 2.75) is 51.6 Å². The lowest BCUT2D eigenvalue weighted by atomic mass is 10.2. The summed E-state index contributed by atoms with van der Waals surface area (Å²) >= 11 is 0. The summed E-state index contributed by atoms with van der Waals surface area (Å²) in [7, 11) is 0. The number of ether oxygens (including phenoxy) is 2. The first-order chi connectivity index (χ1) is 10.3. The highest BCUT2D eigenvalue weighted by molar-refractivity contribution is 5.40. The molecule has 0 heterocycles. The first kappa shape index (κ1) is 15.7. The van der Waals surface area contributed by atoms with E-state index < -0.39 is 0 Å². The van der Waals surface area contributed by atoms with Gasteiger partial charge < -0.3 is 14.8 Å². The van der Waals surface area contributed by atoms with Crippen LogP contribution in [-0.4, -0.2) is 19.3 Å². The van der Waals surface area contributed by atoms with Gasteiger partial charge in [-0.2, -0.15) is 0 Å². The predicted molar refractivity (Wildman–Crippen MR) is 85.7 cm³/mol. The van der Waals surface area contributed by atoms with Crippen molar-refractivity contribution in [1.29, 1.82) is 0 Å². The molecule has 114 valence electrons. The van der Waals surface area contributed by atoms with E-state index in [2.05, 4.69) is 24.2 Å². The van der Waals surface area contributed by atoms with Gasteiger partial charge in [0.2, 0.25) is 0 Å². The first-order valence-electron chi connectivity index (χ1n) is 7.89. The molecular formula is C18H25NO2. The van der Waals surface area contributed by atoms with Gasteiger partial charge in [-0.1, -0.05) is 13.0 Å². The first-order valence-corrected chi connectivity index (χ1v) is 7.89. The Hall–Kier alpha value is -1.66. The molecule has 1 aromatic rings. The lowest BCUT2D eigenvalue weighted by molar-refractivity contribution is 0.296. The topological polar surface area (TPSA) is 30.5 Å². The summed E-state index contributed by atoms with van der Waals surface area (Å²) in [6.45, 7) is 4.34. The maximum Gasteiger partial charge on any atom is 0.127 e. The molecule has 0 aliphatic heterocycles. The molecule has 1 fully saturated rings. The Balaban J connectivity index is 1.96. The molecule has 21 heavy (non-hydrogen) atoms. The van der Waals surface area contributed by atoms with Gasteiger partial charge in [-0.15, -0.1) is 12.3 Å². The highest BCUT2D eigenvalue weighted by atomic mass is 16.5. The van der Waals surface area contributed by atoms with Crippen LogP contribution in [0.1, 0.15) is 44.6 Å². The molecule has 1 aliphatic carbocycles. The Morgan fingerprint density at radius 3 is 2.86 bits per heavy atom. The average molecular weight is 287 g/mol. The molecule has 2 rings (SSSR count). The predicted octanol–water partition coefficient (Wildman–Crippen LogP) is 3.52. The molecule has 0 radical (unpaired) electrons. The number of rotatable bonds is 10. The standard InChI is InChI=1S/C18H25NO2/c1-3-5-6-12-21-18-13-17(20-11-4-2)10-7-15(18)14-19-16-8-9-16/h1,7,10,13,16,19H,4-6,8-9,11-12,14H2,2H3. The Bertz CT molecular complexity index is 475. The van der Waals surface area contributed by atoms with E-state index in [4.69, 9.17) is 15.9 Å². The second-order valence-electron chi connectivity index (χ2n) is 5.43. The summed E-state index contributed by atoms with van der Waals surface area (Å²) in [5.41, 5.74) is 1.19. The number of benzene rings is 1. The van der Waals surface area contributed by atoms with Crippen LogP contribution >= 0.6 is 0 Å². The van der Waals surface area contributed by atoms with Crippen LogP contribution in [0.5, 0.6) is 11.5 Å². The van der Waals surface area contributed by atoms with Gasteiger partial charge in [0.15, 0.2) is 0 Å². The largest absolute Gasteiger partial charge is 0.493 e. The summed E-state index contributed by atoms with van der Waals surface area (Å²) in [4.78, 5) is 0. The minimum atomic E-state index is 0.651. The van der Waals surface area contributed by atoms with E-state index in [1.54, 1.807) is 0 Å². The Labute approximate surface area is 128 Å². The van der Waals surface area contributed by atoms with Crippen molar-refractivity contribution >= 4 is 0 Å². The van der Waals surface area contributed by atoms with Gasteiger partial charge in [0.25, 0.3) is 0 Å². The Morgan fingerprint density at radius 1 is 1.29 bits per heavy atom. The molecule has 1 saturated carbocycles. The summed E-state index contributed by atoms with van der Waals surface area (Å²) < 4.78 is 11.6. The molecule has 0 atom stereocenters. The smallest absolute Gasteiger partial charge is 0.127 e. The van der Waals surface area contributed by atoms with Gasteiger partial charge in [-0.25, -0.2) is 0 Å². The van der Waals surface area contributed by atoms with Crippen molar-refractivity contribution < 1.29 is 9.47 Å². The Morgan fingerprint density at radius 2 is 2.14 bits per heavy atom. The van der Waals surface area contributed by atoms with Crippen molar-refractivity contribution in [3.8, 4) is 23.8 Å². The lowest BCUT2D eigenvalue weighted by Gasteiger charge is -2.14. The van der Waals surface area contributed by atoms with Crippen molar-refractivity contribution in [2.24, 2.45) is 0 Å². The lowest BCUT2D eigenvalue weighted by Crippen LogP contribution is -2.16. The van der Waals surface area contributed by atoms with E-state index in [-0.39, 0.29) is 0 Å². The fourth-order valence-electron chi connectivity index (χ4n) is 2.02. The summed E-state index contributed by atoms with van der Waals surface area (Å²) in [5.74, 6) is 4.42. The van der Waals surface area contributed by atoms with Crippen LogP contribution < -0.4 is 14.8 Å². The fraction of sp³-hybridized carbons (Fsp3) is 0.556. The van der Waals surface area contributed by atoms with Gasteiger partial charge in [0.05, 0.1) is 13.2 Å². The minimum absolute atomic E-state index is 0.651. The fourth-order valence-corrected chi connectivity index (χ4v) is 2.02. The molecule has 0 aromatic heterocycles. The van der Waals surface area contributed by atoms with Crippen LogP contribution in [-0.2, 0) is 6.54 Å². The monoisotopic (exact) mass is 287 g/mol. The third kappa shape index (κ3) is 5.69. The van der Waals surface area contributed by atoms with Crippen molar-refractivity contribution in [3.05, 3.63) is 23.8 Å². The van der Waals surface area contributed by atoms with Crippen LogP contribution in [0.3, 0.4) is 0 Å². The molecule has 0 unspecified atom stereocenters. The molecule has 1 aliphatic rings. The van der Waals surface area contributed by atoms with Crippen LogP contribution in [0.25, 0.3) is 0 Å². The molecule has 1 aromatic carbocycles. The molecule has 0 amide bonds. The second-order valence-corrected chi connectivity index (χ2v) is 5.43. The van der Waals surface area contributed by atoms with Crippen LogP contribution in [0.4, 0.5) is 0 Å². The highest BCUT2D eigenvalue weighted by Crippen LogP contribution is 2.27. The minimum Gasteiger partial charge on any atom is -0.493 e. The average Bonchev–Trinajstić information content (AvgIpc) is 3.32. The van der Waals surface area contributed by atoms with Crippen molar-refractivity contribution in [2.75, 3.05) is 13.2 Å². The number of unbranched alkanes of at least 4 members (excludes halogenated alkanes) is 1. The van der Waals surface area contributed by atoms with Crippen molar-refractivity contribution in [3.63, 3.8) is 0 Å². The maximum absolute atomic E-state index is 5.90. The number of nitrogens with one attached hydrogen (secondary N) is 1. The molecule has 1 N–H and O–H groups in total. The van der Waals surface area contributed by atoms with Crippen LogP contribution in [0, 0.1) is 12.3 Å². The van der Waals surface area contributed by atoms with E-state index in [0.717, 1.165) is 43.9 Å². The summed E-state index contributed by atoms with van der Waals surface area (Å²) in [5, 5.41) is 3.52. The molecule has 3 heteroatoms. The van der Waals surface area contributed by atoms with E-state index in [1.807, 2.05) is 12.1 Å². The summed E-state index contributed by atoms with van der Waals surface area (Å²) in [6, 6.07) is 6.80. The van der Waals surface area contributed by atoms with Gasteiger partial charge >= 0.3 is 0 Å². The number of terminal acetylenes is 1. The third-order valence-corrected chi connectivity index (χ3v) is 3.39.